The Hall–Kier alpha value is -1.60. The van der Waals surface area contributed by atoms with Crippen molar-refractivity contribution in [2.24, 2.45) is 0 Å². The fraction of sp³-hybridized carbons (Fsp3) is 0.533. The van der Waals surface area contributed by atoms with Crippen LogP contribution in [-0.2, 0) is 4.74 Å². The van der Waals surface area contributed by atoms with E-state index in [9.17, 15) is 14.9 Å². The molecule has 3 rings (SSSR count). The first-order valence-electron chi connectivity index (χ1n) is 7.33. The summed E-state index contributed by atoms with van der Waals surface area (Å²) < 4.78 is 5.83. The van der Waals surface area contributed by atoms with Gasteiger partial charge in [0.05, 0.1) is 11.5 Å². The Balaban J connectivity index is 1.70. The first kappa shape index (κ1) is 15.3. The highest BCUT2D eigenvalue weighted by Crippen LogP contribution is 2.41. The van der Waals surface area contributed by atoms with Crippen LogP contribution in [0.15, 0.2) is 18.2 Å². The summed E-state index contributed by atoms with van der Waals surface area (Å²) in [5.74, 6) is 0.964. The van der Waals surface area contributed by atoms with Gasteiger partial charge in [0.2, 0.25) is 0 Å². The molecule has 1 spiro atoms. The highest BCUT2D eigenvalue weighted by molar-refractivity contribution is 8.00. The molecule has 0 aliphatic carbocycles. The van der Waals surface area contributed by atoms with E-state index in [4.69, 9.17) is 4.74 Å². The smallest absolute Gasteiger partial charge is 0.272 e. The highest BCUT2D eigenvalue weighted by Gasteiger charge is 2.40. The quantitative estimate of drug-likeness (QED) is 0.618. The summed E-state index contributed by atoms with van der Waals surface area (Å²) in [6.07, 6.45) is 1.69. The second-order valence-corrected chi connectivity index (χ2v) is 7.10. The summed E-state index contributed by atoms with van der Waals surface area (Å²) in [6.45, 7) is 3.78. The second kappa shape index (κ2) is 5.89. The average molecular weight is 322 g/mol. The van der Waals surface area contributed by atoms with Crippen molar-refractivity contribution in [1.82, 2.24) is 4.90 Å². The van der Waals surface area contributed by atoms with Gasteiger partial charge in [-0.2, -0.15) is 0 Å². The lowest BCUT2D eigenvalue weighted by atomic mass is 10.0. The van der Waals surface area contributed by atoms with Gasteiger partial charge < -0.3 is 9.64 Å². The fourth-order valence-electron chi connectivity index (χ4n) is 3.01. The van der Waals surface area contributed by atoms with Gasteiger partial charge in [-0.05, 0) is 19.1 Å². The molecule has 6 nitrogen and oxygen atoms in total. The molecular formula is C15H18N2O4S. The van der Waals surface area contributed by atoms with Gasteiger partial charge in [0.25, 0.3) is 11.6 Å². The number of hydrogen-bond donors (Lipinski definition) is 0. The summed E-state index contributed by atoms with van der Waals surface area (Å²) in [5, 5.41) is 10.8. The molecule has 2 saturated heterocycles. The third-order valence-corrected chi connectivity index (χ3v) is 5.69. The first-order valence-corrected chi connectivity index (χ1v) is 8.32. The van der Waals surface area contributed by atoms with Crippen LogP contribution in [0.3, 0.4) is 0 Å². The number of aryl methyl sites for hydroxylation is 1. The van der Waals surface area contributed by atoms with Crippen molar-refractivity contribution in [1.29, 1.82) is 0 Å². The second-order valence-electron chi connectivity index (χ2n) is 5.66. The lowest BCUT2D eigenvalue weighted by Gasteiger charge is -2.37. The molecule has 7 heteroatoms. The number of hydrogen-bond acceptors (Lipinski definition) is 5. The Morgan fingerprint density at radius 1 is 1.41 bits per heavy atom. The number of nitro benzene ring substituents is 1. The van der Waals surface area contributed by atoms with Gasteiger partial charge in [-0.25, -0.2) is 0 Å². The van der Waals surface area contributed by atoms with Gasteiger partial charge in [-0.1, -0.05) is 0 Å². The molecule has 2 aliphatic heterocycles. The van der Waals surface area contributed by atoms with E-state index in [1.807, 2.05) is 16.7 Å². The Labute approximate surface area is 133 Å². The van der Waals surface area contributed by atoms with Gasteiger partial charge in [-0.3, -0.25) is 14.9 Å². The summed E-state index contributed by atoms with van der Waals surface area (Å²) >= 11 is 1.85. The minimum Gasteiger partial charge on any atom is -0.363 e. The topological polar surface area (TPSA) is 72.7 Å². The van der Waals surface area contributed by atoms with Crippen molar-refractivity contribution in [2.45, 2.75) is 24.7 Å². The number of nitrogens with zero attached hydrogens (tertiary/aromatic N) is 2. The van der Waals surface area contributed by atoms with Crippen LogP contribution in [-0.4, -0.2) is 46.1 Å². The molecule has 1 amide bonds. The minimum absolute atomic E-state index is 0.0462. The normalized spacial score (nSPS) is 20.3. The van der Waals surface area contributed by atoms with Crippen LogP contribution in [0, 0.1) is 17.0 Å². The molecular weight excluding hydrogens is 304 g/mol. The molecule has 0 unspecified atom stereocenters. The number of ether oxygens (including phenoxy) is 1. The lowest BCUT2D eigenvalue weighted by Crippen LogP contribution is -2.45. The van der Waals surface area contributed by atoms with Gasteiger partial charge in [0, 0.05) is 48.9 Å². The van der Waals surface area contributed by atoms with E-state index in [-0.39, 0.29) is 16.5 Å². The Morgan fingerprint density at radius 3 is 2.68 bits per heavy atom. The van der Waals surface area contributed by atoms with Crippen LogP contribution in [0.1, 0.15) is 28.8 Å². The predicted octanol–water partition coefficient (Wildman–Crippen LogP) is 2.60. The van der Waals surface area contributed by atoms with Crippen molar-refractivity contribution in [2.75, 3.05) is 25.4 Å². The third kappa shape index (κ3) is 2.83. The zero-order valence-corrected chi connectivity index (χ0v) is 13.2. The van der Waals surface area contributed by atoms with Gasteiger partial charge >= 0.3 is 0 Å². The maximum Gasteiger partial charge on any atom is 0.272 e. The van der Waals surface area contributed by atoms with E-state index in [2.05, 4.69) is 0 Å². The van der Waals surface area contributed by atoms with Crippen molar-refractivity contribution in [3.63, 3.8) is 0 Å². The number of carbonyl (C=O) groups excluding carboxylic acids is 1. The number of nitro groups is 1. The number of carbonyl (C=O) groups is 1. The van der Waals surface area contributed by atoms with E-state index in [1.165, 1.54) is 6.07 Å². The number of likely N-dealkylation sites (tertiary alicyclic amines) is 1. The average Bonchev–Trinajstić information content (AvgIpc) is 2.95. The zero-order chi connectivity index (χ0) is 15.7. The third-order valence-electron chi connectivity index (χ3n) is 4.27. The predicted molar refractivity (Wildman–Crippen MR) is 84.1 cm³/mol. The van der Waals surface area contributed by atoms with Gasteiger partial charge in [0.15, 0.2) is 0 Å². The summed E-state index contributed by atoms with van der Waals surface area (Å²) in [4.78, 5) is 24.7. The molecule has 0 bridgehead atoms. The zero-order valence-electron chi connectivity index (χ0n) is 12.4. The van der Waals surface area contributed by atoms with E-state index in [0.717, 1.165) is 25.2 Å². The lowest BCUT2D eigenvalue weighted by molar-refractivity contribution is -0.385. The standard InChI is InChI=1S/C15H18N2O4S/c1-11-10-12(2-3-13(11)17(19)20)14(18)16-6-4-15(5-7-16)21-8-9-22-15/h2-3,10H,4-9H2,1H3. The maximum atomic E-state index is 12.5. The van der Waals surface area contributed by atoms with Crippen LogP contribution < -0.4 is 0 Å². The Morgan fingerprint density at radius 2 is 2.14 bits per heavy atom. The maximum absolute atomic E-state index is 12.5. The number of thioether (sulfide) groups is 1. The van der Waals surface area contributed by atoms with E-state index in [0.29, 0.717) is 24.2 Å². The molecule has 1 aromatic carbocycles. The van der Waals surface area contributed by atoms with Crippen molar-refractivity contribution >= 4 is 23.4 Å². The fourth-order valence-corrected chi connectivity index (χ4v) is 4.19. The van der Waals surface area contributed by atoms with Crippen LogP contribution in [0.25, 0.3) is 0 Å². The van der Waals surface area contributed by atoms with Crippen molar-refractivity contribution in [3.8, 4) is 0 Å². The van der Waals surface area contributed by atoms with Crippen molar-refractivity contribution < 1.29 is 14.5 Å². The molecule has 2 fully saturated rings. The molecule has 1 aromatic rings. The molecule has 22 heavy (non-hydrogen) atoms. The highest BCUT2D eigenvalue weighted by atomic mass is 32.2. The number of benzene rings is 1. The SMILES string of the molecule is Cc1cc(C(=O)N2CCC3(CC2)OCCS3)ccc1[N+](=O)[O-]. The Bertz CT molecular complexity index is 604. The molecule has 0 saturated carbocycles. The van der Waals surface area contributed by atoms with E-state index < -0.39 is 4.92 Å². The Kier molecular flexibility index (Phi) is 4.10. The first-order chi connectivity index (χ1) is 10.5. The van der Waals surface area contributed by atoms with Crippen LogP contribution in [0.2, 0.25) is 0 Å². The monoisotopic (exact) mass is 322 g/mol. The minimum atomic E-state index is -0.428. The summed E-state index contributed by atoms with van der Waals surface area (Å²) in [7, 11) is 0. The van der Waals surface area contributed by atoms with Crippen LogP contribution >= 0.6 is 11.8 Å². The summed E-state index contributed by atoms with van der Waals surface area (Å²) in [5.41, 5.74) is 1.07. The largest absolute Gasteiger partial charge is 0.363 e. The van der Waals surface area contributed by atoms with Gasteiger partial charge in [-0.15, -0.1) is 11.8 Å². The molecule has 0 atom stereocenters. The molecule has 2 aliphatic rings. The van der Waals surface area contributed by atoms with E-state index in [1.54, 1.807) is 19.1 Å². The number of amides is 1. The van der Waals surface area contributed by atoms with Gasteiger partial charge in [0.1, 0.15) is 4.93 Å². The molecule has 118 valence electrons. The number of rotatable bonds is 2. The van der Waals surface area contributed by atoms with Crippen LogP contribution in [0.4, 0.5) is 5.69 Å². The number of piperidine rings is 1. The molecule has 0 N–H and O–H groups in total. The molecule has 0 radical (unpaired) electrons. The van der Waals surface area contributed by atoms with E-state index >= 15 is 0 Å². The molecule has 0 aromatic heterocycles. The molecule has 2 heterocycles. The summed E-state index contributed by atoms with van der Waals surface area (Å²) in [6, 6.07) is 4.55. The van der Waals surface area contributed by atoms with Crippen LogP contribution in [0.5, 0.6) is 0 Å². The van der Waals surface area contributed by atoms with Crippen molar-refractivity contribution in [3.05, 3.63) is 39.4 Å².